The lowest BCUT2D eigenvalue weighted by molar-refractivity contribution is -0.139. The van der Waals surface area contributed by atoms with Gasteiger partial charge in [-0.25, -0.2) is 0 Å². The third-order valence-electron chi connectivity index (χ3n) is 4.18. The average molecular weight is 306 g/mol. The van der Waals surface area contributed by atoms with Crippen molar-refractivity contribution in [1.82, 2.24) is 10.2 Å². The van der Waals surface area contributed by atoms with Crippen molar-refractivity contribution in [3.8, 4) is 5.75 Å². The normalized spacial score (nSPS) is 20.7. The van der Waals surface area contributed by atoms with Gasteiger partial charge in [-0.1, -0.05) is 19.1 Å². The van der Waals surface area contributed by atoms with Crippen LogP contribution in [0.2, 0.25) is 0 Å². The number of carbonyl (C=O) groups is 1. The third kappa shape index (κ3) is 4.71. The van der Waals surface area contributed by atoms with Crippen molar-refractivity contribution < 1.29 is 14.6 Å². The molecule has 1 aromatic carbocycles. The van der Waals surface area contributed by atoms with Crippen molar-refractivity contribution in [1.29, 1.82) is 0 Å². The molecule has 0 heterocycles. The number of benzene rings is 1. The molecular weight excluding hydrogens is 280 g/mol. The molecule has 0 aliphatic heterocycles. The van der Waals surface area contributed by atoms with Gasteiger partial charge >= 0.3 is 5.97 Å². The smallest absolute Gasteiger partial charge is 0.317 e. The lowest BCUT2D eigenvalue weighted by Gasteiger charge is -2.42. The highest BCUT2D eigenvalue weighted by molar-refractivity contribution is 5.69. The van der Waals surface area contributed by atoms with Gasteiger partial charge in [-0.15, -0.1) is 0 Å². The van der Waals surface area contributed by atoms with Crippen molar-refractivity contribution in [3.63, 3.8) is 0 Å². The van der Waals surface area contributed by atoms with Crippen LogP contribution in [0.1, 0.15) is 32.3 Å². The number of carboxylic acids is 1. The van der Waals surface area contributed by atoms with E-state index in [1.807, 2.05) is 30.9 Å². The number of hydrogen-bond acceptors (Lipinski definition) is 4. The predicted octanol–water partition coefficient (Wildman–Crippen LogP) is 2.11. The third-order valence-corrected chi connectivity index (χ3v) is 4.18. The molecule has 1 fully saturated rings. The zero-order valence-corrected chi connectivity index (χ0v) is 13.4. The molecule has 0 atom stereocenters. The van der Waals surface area contributed by atoms with E-state index in [1.165, 1.54) is 5.56 Å². The van der Waals surface area contributed by atoms with Crippen LogP contribution in [-0.4, -0.2) is 47.8 Å². The van der Waals surface area contributed by atoms with Crippen molar-refractivity contribution in [2.45, 2.75) is 45.3 Å². The molecule has 122 valence electrons. The minimum atomic E-state index is -0.744. The van der Waals surface area contributed by atoms with E-state index in [1.54, 1.807) is 0 Å². The van der Waals surface area contributed by atoms with E-state index in [2.05, 4.69) is 17.4 Å². The van der Waals surface area contributed by atoms with Gasteiger partial charge in [0.2, 0.25) is 0 Å². The molecule has 0 spiro atoms. The Morgan fingerprint density at radius 1 is 1.41 bits per heavy atom. The molecule has 0 bridgehead atoms. The molecule has 1 aromatic rings. The molecule has 0 amide bonds. The molecule has 5 heteroatoms. The maximum atomic E-state index is 10.8. The van der Waals surface area contributed by atoms with E-state index in [0.29, 0.717) is 18.7 Å². The first-order chi connectivity index (χ1) is 10.6. The summed E-state index contributed by atoms with van der Waals surface area (Å²) >= 11 is 0. The summed E-state index contributed by atoms with van der Waals surface area (Å²) < 4.78 is 5.50. The minimum absolute atomic E-state index is 0.143. The first-order valence-electron chi connectivity index (χ1n) is 8.03. The second-order valence-electron chi connectivity index (χ2n) is 5.74. The fourth-order valence-corrected chi connectivity index (χ4v) is 2.90. The Morgan fingerprint density at radius 2 is 2.18 bits per heavy atom. The minimum Gasteiger partial charge on any atom is -0.494 e. The Hall–Kier alpha value is -1.59. The summed E-state index contributed by atoms with van der Waals surface area (Å²) in [5, 5.41) is 12.4. The predicted molar refractivity (Wildman–Crippen MR) is 86.1 cm³/mol. The maximum Gasteiger partial charge on any atom is 0.317 e. The van der Waals surface area contributed by atoms with E-state index in [0.717, 1.165) is 31.7 Å². The molecule has 22 heavy (non-hydrogen) atoms. The fourth-order valence-electron chi connectivity index (χ4n) is 2.90. The van der Waals surface area contributed by atoms with E-state index in [4.69, 9.17) is 9.84 Å². The van der Waals surface area contributed by atoms with Crippen LogP contribution in [0.15, 0.2) is 24.3 Å². The Balaban J connectivity index is 1.73. The molecule has 2 rings (SSSR count). The van der Waals surface area contributed by atoms with E-state index < -0.39 is 5.97 Å². The summed E-state index contributed by atoms with van der Waals surface area (Å²) in [5.74, 6) is 0.165. The molecule has 0 saturated heterocycles. The van der Waals surface area contributed by atoms with Crippen LogP contribution in [0.5, 0.6) is 5.75 Å². The SMILES string of the molecule is CCOc1cccc(CNC2CC(N(CC)CC(=O)O)C2)c1. The van der Waals surface area contributed by atoms with E-state index >= 15 is 0 Å². The van der Waals surface area contributed by atoms with Crippen LogP contribution in [0.25, 0.3) is 0 Å². The van der Waals surface area contributed by atoms with Crippen LogP contribution < -0.4 is 10.1 Å². The number of ether oxygens (including phenoxy) is 1. The summed E-state index contributed by atoms with van der Waals surface area (Å²) in [6.07, 6.45) is 2.04. The molecule has 0 aromatic heterocycles. The molecular formula is C17H26N2O3. The van der Waals surface area contributed by atoms with Crippen LogP contribution >= 0.6 is 0 Å². The lowest BCUT2D eigenvalue weighted by atomic mass is 9.85. The van der Waals surface area contributed by atoms with Gasteiger partial charge in [-0.05, 0) is 44.0 Å². The van der Waals surface area contributed by atoms with Gasteiger partial charge in [-0.2, -0.15) is 0 Å². The monoisotopic (exact) mass is 306 g/mol. The van der Waals surface area contributed by atoms with Crippen LogP contribution in [0, 0.1) is 0 Å². The van der Waals surface area contributed by atoms with Crippen molar-refractivity contribution in [3.05, 3.63) is 29.8 Å². The Labute approximate surface area is 132 Å². The summed E-state index contributed by atoms with van der Waals surface area (Å²) in [4.78, 5) is 12.9. The van der Waals surface area contributed by atoms with Gasteiger partial charge < -0.3 is 15.2 Å². The zero-order chi connectivity index (χ0) is 15.9. The largest absolute Gasteiger partial charge is 0.494 e. The Morgan fingerprint density at radius 3 is 2.82 bits per heavy atom. The number of hydrogen-bond donors (Lipinski definition) is 2. The topological polar surface area (TPSA) is 61.8 Å². The maximum absolute atomic E-state index is 10.8. The summed E-state index contributed by atoms with van der Waals surface area (Å²) in [6, 6.07) is 9.01. The summed E-state index contributed by atoms with van der Waals surface area (Å²) in [7, 11) is 0. The van der Waals surface area contributed by atoms with Gasteiger partial charge in [0.1, 0.15) is 5.75 Å². The highest BCUT2D eigenvalue weighted by atomic mass is 16.5. The zero-order valence-electron chi connectivity index (χ0n) is 13.4. The Kier molecular flexibility index (Phi) is 6.21. The van der Waals surface area contributed by atoms with Gasteiger partial charge in [0.15, 0.2) is 0 Å². The summed E-state index contributed by atoms with van der Waals surface area (Å²) in [6.45, 7) is 6.43. The number of likely N-dealkylation sites (N-methyl/N-ethyl adjacent to an activating group) is 1. The molecule has 1 aliphatic carbocycles. The Bertz CT molecular complexity index is 487. The number of nitrogens with zero attached hydrogens (tertiary/aromatic N) is 1. The highest BCUT2D eigenvalue weighted by Crippen LogP contribution is 2.26. The number of carboxylic acid groups (broad SMARTS) is 1. The van der Waals surface area contributed by atoms with Crippen LogP contribution in [0.3, 0.4) is 0 Å². The first kappa shape index (κ1) is 16.8. The quantitative estimate of drug-likeness (QED) is 0.732. The van der Waals surface area contributed by atoms with Gasteiger partial charge in [0.05, 0.1) is 13.2 Å². The molecule has 2 N–H and O–H groups in total. The van der Waals surface area contributed by atoms with Crippen molar-refractivity contribution in [2.24, 2.45) is 0 Å². The van der Waals surface area contributed by atoms with E-state index in [-0.39, 0.29) is 6.54 Å². The fraction of sp³-hybridized carbons (Fsp3) is 0.588. The van der Waals surface area contributed by atoms with Gasteiger partial charge in [0.25, 0.3) is 0 Å². The molecule has 0 radical (unpaired) electrons. The second kappa shape index (κ2) is 8.15. The van der Waals surface area contributed by atoms with Gasteiger partial charge in [-0.3, -0.25) is 9.69 Å². The molecule has 0 unspecified atom stereocenters. The van der Waals surface area contributed by atoms with Crippen LogP contribution in [-0.2, 0) is 11.3 Å². The average Bonchev–Trinajstić information content (AvgIpc) is 2.44. The van der Waals surface area contributed by atoms with Crippen molar-refractivity contribution in [2.75, 3.05) is 19.7 Å². The number of nitrogens with one attached hydrogen (secondary N) is 1. The molecule has 5 nitrogen and oxygen atoms in total. The second-order valence-corrected chi connectivity index (χ2v) is 5.74. The lowest BCUT2D eigenvalue weighted by Crippen LogP contribution is -2.53. The summed E-state index contributed by atoms with van der Waals surface area (Å²) in [5.41, 5.74) is 1.22. The molecule has 1 aliphatic rings. The van der Waals surface area contributed by atoms with Gasteiger partial charge in [0, 0.05) is 18.6 Å². The van der Waals surface area contributed by atoms with Crippen LogP contribution in [0.4, 0.5) is 0 Å². The number of aliphatic carboxylic acids is 1. The number of rotatable bonds is 9. The standard InChI is InChI=1S/C17H26N2O3/c1-3-19(12-17(20)21)15-9-14(10-15)18-11-13-6-5-7-16(8-13)22-4-2/h5-8,14-15,18H,3-4,9-12H2,1-2H3,(H,20,21). The van der Waals surface area contributed by atoms with E-state index in [9.17, 15) is 4.79 Å². The highest BCUT2D eigenvalue weighted by Gasteiger charge is 2.33. The first-order valence-corrected chi connectivity index (χ1v) is 8.03. The van der Waals surface area contributed by atoms with Crippen molar-refractivity contribution >= 4 is 5.97 Å². The molecule has 1 saturated carbocycles.